The molecule has 0 bridgehead atoms. The van der Waals surface area contributed by atoms with Crippen LogP contribution in [0, 0.1) is 13.8 Å². The van der Waals surface area contributed by atoms with Gasteiger partial charge in [0, 0.05) is 26.2 Å². The van der Waals surface area contributed by atoms with Gasteiger partial charge in [-0.1, -0.05) is 5.16 Å². The van der Waals surface area contributed by atoms with Crippen molar-refractivity contribution in [1.29, 1.82) is 0 Å². The first-order valence-corrected chi connectivity index (χ1v) is 6.33. The van der Waals surface area contributed by atoms with Gasteiger partial charge < -0.3 is 9.42 Å². The molecular formula is C13H16N6O. The van der Waals surface area contributed by atoms with Crippen LogP contribution in [0.3, 0.4) is 0 Å². The van der Waals surface area contributed by atoms with E-state index in [1.807, 2.05) is 27.9 Å². The largest absolute Gasteiger partial charge is 0.361 e. The van der Waals surface area contributed by atoms with Gasteiger partial charge in [0.05, 0.1) is 17.3 Å². The van der Waals surface area contributed by atoms with E-state index in [9.17, 15) is 0 Å². The minimum atomic E-state index is 0.683. The predicted molar refractivity (Wildman–Crippen MR) is 74.4 cm³/mol. The fourth-order valence-electron chi connectivity index (χ4n) is 2.29. The second-order valence-corrected chi connectivity index (χ2v) is 4.86. The molecule has 0 aromatic carbocycles. The maximum Gasteiger partial charge on any atom is 0.163 e. The number of anilines is 1. The lowest BCUT2D eigenvalue weighted by molar-refractivity contribution is 0.392. The Balaban J connectivity index is 1.99. The zero-order chi connectivity index (χ0) is 14.3. The Morgan fingerprint density at radius 3 is 2.80 bits per heavy atom. The van der Waals surface area contributed by atoms with E-state index < -0.39 is 0 Å². The molecule has 3 heterocycles. The molecule has 7 heteroatoms. The molecule has 3 rings (SSSR count). The maximum atomic E-state index is 5.20. The van der Waals surface area contributed by atoms with Crippen LogP contribution in [0.4, 0.5) is 5.82 Å². The number of aromatic nitrogens is 5. The molecule has 0 saturated heterocycles. The number of aryl methyl sites for hydroxylation is 3. The van der Waals surface area contributed by atoms with Gasteiger partial charge in [-0.15, -0.1) is 0 Å². The van der Waals surface area contributed by atoms with Crippen LogP contribution < -0.4 is 4.90 Å². The van der Waals surface area contributed by atoms with Gasteiger partial charge in [-0.25, -0.2) is 9.97 Å². The molecule has 20 heavy (non-hydrogen) atoms. The summed E-state index contributed by atoms with van der Waals surface area (Å²) in [6.07, 6.45) is 3.34. The van der Waals surface area contributed by atoms with E-state index in [4.69, 9.17) is 4.52 Å². The predicted octanol–water partition coefficient (Wildman–Crippen LogP) is 1.60. The molecule has 0 radical (unpaired) electrons. The van der Waals surface area contributed by atoms with Crippen molar-refractivity contribution in [2.45, 2.75) is 20.4 Å². The second kappa shape index (κ2) is 4.59. The highest BCUT2D eigenvalue weighted by Crippen LogP contribution is 2.24. The van der Waals surface area contributed by atoms with E-state index in [-0.39, 0.29) is 0 Å². The van der Waals surface area contributed by atoms with E-state index in [1.54, 1.807) is 17.2 Å². The van der Waals surface area contributed by atoms with Crippen LogP contribution in [0.25, 0.3) is 11.0 Å². The molecule has 0 aliphatic carbocycles. The Morgan fingerprint density at radius 2 is 2.10 bits per heavy atom. The quantitative estimate of drug-likeness (QED) is 0.721. The molecule has 0 amide bonds. The van der Waals surface area contributed by atoms with Gasteiger partial charge in [-0.2, -0.15) is 5.10 Å². The van der Waals surface area contributed by atoms with Crippen molar-refractivity contribution in [1.82, 2.24) is 24.9 Å². The summed E-state index contributed by atoms with van der Waals surface area (Å²) in [4.78, 5) is 10.7. The van der Waals surface area contributed by atoms with E-state index in [2.05, 4.69) is 25.1 Å². The monoisotopic (exact) mass is 272 g/mol. The first kappa shape index (κ1) is 12.6. The Labute approximate surface area is 116 Å². The summed E-state index contributed by atoms with van der Waals surface area (Å²) in [6, 6.07) is 0. The zero-order valence-corrected chi connectivity index (χ0v) is 12.0. The number of hydrogen-bond donors (Lipinski definition) is 0. The topological polar surface area (TPSA) is 72.9 Å². The van der Waals surface area contributed by atoms with Crippen molar-refractivity contribution in [3.8, 4) is 0 Å². The third-order valence-electron chi connectivity index (χ3n) is 3.45. The van der Waals surface area contributed by atoms with Crippen LogP contribution in [0.15, 0.2) is 17.0 Å². The second-order valence-electron chi connectivity index (χ2n) is 4.86. The normalized spacial score (nSPS) is 11.2. The van der Waals surface area contributed by atoms with Crippen LogP contribution in [0.5, 0.6) is 0 Å². The third-order valence-corrected chi connectivity index (χ3v) is 3.45. The van der Waals surface area contributed by atoms with Gasteiger partial charge in [0.15, 0.2) is 5.65 Å². The highest BCUT2D eigenvalue weighted by atomic mass is 16.5. The molecule has 0 unspecified atom stereocenters. The fourth-order valence-corrected chi connectivity index (χ4v) is 2.29. The van der Waals surface area contributed by atoms with Gasteiger partial charge in [-0.05, 0) is 13.8 Å². The van der Waals surface area contributed by atoms with Crippen LogP contribution >= 0.6 is 0 Å². The summed E-state index contributed by atoms with van der Waals surface area (Å²) in [6.45, 7) is 4.55. The molecule has 0 aliphatic rings. The molecule has 0 fully saturated rings. The van der Waals surface area contributed by atoms with Crippen molar-refractivity contribution in [3.05, 3.63) is 29.5 Å². The molecule has 0 spiro atoms. The van der Waals surface area contributed by atoms with Crippen molar-refractivity contribution in [2.24, 2.45) is 7.05 Å². The molecule has 3 aromatic rings. The Kier molecular flexibility index (Phi) is 2.89. The van der Waals surface area contributed by atoms with Gasteiger partial charge in [-0.3, -0.25) is 4.68 Å². The Bertz CT molecular complexity index is 740. The highest BCUT2D eigenvalue weighted by molar-refractivity contribution is 5.86. The summed E-state index contributed by atoms with van der Waals surface area (Å²) in [5.41, 5.74) is 2.81. The average molecular weight is 272 g/mol. The van der Waals surface area contributed by atoms with E-state index >= 15 is 0 Å². The molecule has 7 nitrogen and oxygen atoms in total. The summed E-state index contributed by atoms with van der Waals surface area (Å²) in [7, 11) is 3.86. The molecule has 104 valence electrons. The summed E-state index contributed by atoms with van der Waals surface area (Å²) in [5.74, 6) is 1.69. The summed E-state index contributed by atoms with van der Waals surface area (Å²) < 4.78 is 6.94. The van der Waals surface area contributed by atoms with Crippen molar-refractivity contribution < 1.29 is 4.52 Å². The first-order valence-electron chi connectivity index (χ1n) is 6.33. The molecular weight excluding hydrogens is 256 g/mol. The smallest absolute Gasteiger partial charge is 0.163 e. The highest BCUT2D eigenvalue weighted by Gasteiger charge is 2.16. The van der Waals surface area contributed by atoms with Crippen molar-refractivity contribution in [2.75, 3.05) is 11.9 Å². The molecule has 3 aromatic heterocycles. The van der Waals surface area contributed by atoms with Crippen LogP contribution in [-0.2, 0) is 13.6 Å². The standard InChI is InChI=1S/C13H16N6O/c1-8-11(9(2)20-17-8)6-18(3)12-10-5-16-19(4)13(10)15-7-14-12/h5,7H,6H2,1-4H3. The Morgan fingerprint density at radius 1 is 1.30 bits per heavy atom. The lowest BCUT2D eigenvalue weighted by Crippen LogP contribution is -2.19. The van der Waals surface area contributed by atoms with Gasteiger partial charge in [0.2, 0.25) is 0 Å². The van der Waals surface area contributed by atoms with Crippen LogP contribution in [0.1, 0.15) is 17.0 Å². The Hall–Kier alpha value is -2.44. The number of hydrogen-bond acceptors (Lipinski definition) is 6. The van der Waals surface area contributed by atoms with Crippen LogP contribution in [0.2, 0.25) is 0 Å². The molecule has 0 aliphatic heterocycles. The first-order chi connectivity index (χ1) is 9.58. The van der Waals surface area contributed by atoms with Gasteiger partial charge in [0.1, 0.15) is 17.9 Å². The van der Waals surface area contributed by atoms with Gasteiger partial charge in [0.25, 0.3) is 0 Å². The summed E-state index contributed by atoms with van der Waals surface area (Å²) >= 11 is 0. The van der Waals surface area contributed by atoms with Crippen LogP contribution in [-0.4, -0.2) is 32.0 Å². The molecule has 0 saturated carbocycles. The SMILES string of the molecule is Cc1noc(C)c1CN(C)c1ncnc2c1cnn2C. The lowest BCUT2D eigenvalue weighted by atomic mass is 10.2. The molecule has 0 N–H and O–H groups in total. The number of nitrogens with zero attached hydrogens (tertiary/aromatic N) is 6. The minimum absolute atomic E-state index is 0.683. The van der Waals surface area contributed by atoms with E-state index in [0.717, 1.165) is 33.9 Å². The van der Waals surface area contributed by atoms with Crippen molar-refractivity contribution in [3.63, 3.8) is 0 Å². The fraction of sp³-hybridized carbons (Fsp3) is 0.385. The van der Waals surface area contributed by atoms with E-state index in [0.29, 0.717) is 6.54 Å². The minimum Gasteiger partial charge on any atom is -0.361 e. The average Bonchev–Trinajstić information content (AvgIpc) is 2.96. The number of fused-ring (bicyclic) bond motifs is 1. The zero-order valence-electron chi connectivity index (χ0n) is 12.0. The number of rotatable bonds is 3. The van der Waals surface area contributed by atoms with E-state index in [1.165, 1.54) is 0 Å². The third kappa shape index (κ3) is 1.91. The maximum absolute atomic E-state index is 5.20. The van der Waals surface area contributed by atoms with Crippen molar-refractivity contribution >= 4 is 16.9 Å². The molecule has 0 atom stereocenters. The van der Waals surface area contributed by atoms with Gasteiger partial charge >= 0.3 is 0 Å². The lowest BCUT2D eigenvalue weighted by Gasteiger charge is -2.18. The summed E-state index contributed by atoms with van der Waals surface area (Å²) in [5, 5.41) is 9.14.